The van der Waals surface area contributed by atoms with Gasteiger partial charge in [0.15, 0.2) is 11.5 Å². The number of fused-ring (bicyclic) bond motifs is 1. The van der Waals surface area contributed by atoms with Crippen molar-refractivity contribution in [3.05, 3.63) is 22.2 Å². The Bertz CT molecular complexity index is 756. The average Bonchev–Trinajstić information content (AvgIpc) is 2.84. The van der Waals surface area contributed by atoms with E-state index in [0.717, 1.165) is 0 Å². The molecule has 0 radical (unpaired) electrons. The van der Waals surface area contributed by atoms with Gasteiger partial charge in [0.05, 0.1) is 5.69 Å². The average molecular weight is 334 g/mol. The van der Waals surface area contributed by atoms with Crippen LogP contribution in [0, 0.1) is 11.3 Å². The van der Waals surface area contributed by atoms with Crippen LogP contribution in [0.15, 0.2) is 16.6 Å². The van der Waals surface area contributed by atoms with E-state index in [1.165, 1.54) is 0 Å². The number of hydrogen-bond donors (Lipinski definition) is 2. The lowest BCUT2D eigenvalue weighted by Crippen LogP contribution is -2.05. The van der Waals surface area contributed by atoms with E-state index >= 15 is 0 Å². The van der Waals surface area contributed by atoms with E-state index in [-0.39, 0.29) is 24.1 Å². The Kier molecular flexibility index (Phi) is 2.84. The summed E-state index contributed by atoms with van der Waals surface area (Å²) in [5.41, 5.74) is 12.5. The molecule has 0 saturated carbocycles. The fraction of sp³-hybridized carbons (Fsp3) is 0.0833. The Morgan fingerprint density at radius 3 is 2.60 bits per heavy atom. The molecule has 2 aromatic rings. The number of nitrogen functional groups attached to an aromatic ring is 2. The molecule has 0 fully saturated rings. The van der Waals surface area contributed by atoms with Crippen LogP contribution in [0.5, 0.6) is 11.5 Å². The second-order valence-electron chi connectivity index (χ2n) is 3.99. The molecule has 0 atom stereocenters. The number of nitrogens with two attached hydrogens (primary N) is 2. The maximum Gasteiger partial charge on any atom is 0.231 e. The quantitative estimate of drug-likeness (QED) is 0.814. The van der Waals surface area contributed by atoms with Crippen molar-refractivity contribution in [3.8, 4) is 28.8 Å². The molecule has 0 spiro atoms. The van der Waals surface area contributed by atoms with Gasteiger partial charge in [0.1, 0.15) is 17.5 Å². The molecule has 2 heterocycles. The molecule has 1 aliphatic rings. The number of nitrogens with zero attached hydrogens (tertiary/aromatic N) is 3. The van der Waals surface area contributed by atoms with Crippen LogP contribution in [-0.2, 0) is 0 Å². The Hall–Kier alpha value is -2.53. The van der Waals surface area contributed by atoms with Crippen LogP contribution in [0.4, 0.5) is 11.8 Å². The number of rotatable bonds is 1. The highest BCUT2D eigenvalue weighted by Gasteiger charge is 2.21. The van der Waals surface area contributed by atoms with Crippen LogP contribution < -0.4 is 20.9 Å². The number of benzene rings is 1. The molecule has 4 N–H and O–H groups in total. The number of aromatic nitrogens is 2. The lowest BCUT2D eigenvalue weighted by Gasteiger charge is -2.09. The lowest BCUT2D eigenvalue weighted by atomic mass is 10.1. The zero-order valence-corrected chi connectivity index (χ0v) is 11.6. The molecule has 100 valence electrons. The molecule has 1 aromatic carbocycles. The summed E-state index contributed by atoms with van der Waals surface area (Å²) < 4.78 is 11.3. The van der Waals surface area contributed by atoms with E-state index < -0.39 is 0 Å². The highest BCUT2D eigenvalue weighted by molar-refractivity contribution is 9.10. The SMILES string of the molecule is N#Cc1c(N)nc(N)nc1-c1cc2c(cc1Br)OCO2. The zero-order chi connectivity index (χ0) is 14.3. The molecule has 1 aliphatic heterocycles. The van der Waals surface area contributed by atoms with Crippen molar-refractivity contribution < 1.29 is 9.47 Å². The highest BCUT2D eigenvalue weighted by Crippen LogP contribution is 2.41. The van der Waals surface area contributed by atoms with Crippen molar-refractivity contribution in [1.29, 1.82) is 5.26 Å². The monoisotopic (exact) mass is 333 g/mol. The minimum atomic E-state index is 0.000988. The minimum Gasteiger partial charge on any atom is -0.454 e. The molecular formula is C12H8BrN5O2. The molecule has 0 bridgehead atoms. The molecule has 3 rings (SSSR count). The first-order chi connectivity index (χ1) is 9.60. The molecule has 1 aromatic heterocycles. The fourth-order valence-corrected chi connectivity index (χ4v) is 2.41. The van der Waals surface area contributed by atoms with Gasteiger partial charge in [-0.1, -0.05) is 0 Å². The maximum atomic E-state index is 9.21. The number of ether oxygens (including phenoxy) is 2. The smallest absolute Gasteiger partial charge is 0.231 e. The number of nitriles is 1. The van der Waals surface area contributed by atoms with Crippen molar-refractivity contribution in [3.63, 3.8) is 0 Å². The summed E-state index contributed by atoms with van der Waals surface area (Å²) in [5, 5.41) is 9.21. The molecule has 0 amide bonds. The molecule has 20 heavy (non-hydrogen) atoms. The molecule has 7 nitrogen and oxygen atoms in total. The Morgan fingerprint density at radius 2 is 1.90 bits per heavy atom. The van der Waals surface area contributed by atoms with E-state index in [1.54, 1.807) is 12.1 Å². The van der Waals surface area contributed by atoms with Gasteiger partial charge in [-0.15, -0.1) is 0 Å². The first kappa shape index (κ1) is 12.5. The summed E-state index contributed by atoms with van der Waals surface area (Å²) in [6, 6.07) is 5.45. The molecule has 0 unspecified atom stereocenters. The van der Waals surface area contributed by atoms with E-state index in [1.807, 2.05) is 6.07 Å². The van der Waals surface area contributed by atoms with Crippen LogP contribution >= 0.6 is 15.9 Å². The first-order valence-electron chi connectivity index (χ1n) is 5.52. The van der Waals surface area contributed by atoms with Crippen LogP contribution in [0.25, 0.3) is 11.3 Å². The predicted molar refractivity (Wildman–Crippen MR) is 74.8 cm³/mol. The van der Waals surface area contributed by atoms with E-state index in [4.69, 9.17) is 20.9 Å². The van der Waals surface area contributed by atoms with Crippen LogP contribution in [0.1, 0.15) is 5.56 Å². The fourth-order valence-electron chi connectivity index (χ4n) is 1.90. The summed E-state index contributed by atoms with van der Waals surface area (Å²) in [5.74, 6) is 1.23. The zero-order valence-electron chi connectivity index (χ0n) is 10.1. The summed E-state index contributed by atoms with van der Waals surface area (Å²) in [6.07, 6.45) is 0. The van der Waals surface area contributed by atoms with Gasteiger partial charge < -0.3 is 20.9 Å². The third kappa shape index (κ3) is 1.88. The molecular weight excluding hydrogens is 326 g/mol. The third-order valence-corrected chi connectivity index (χ3v) is 3.44. The Balaban J connectivity index is 2.27. The van der Waals surface area contributed by atoms with Crippen molar-refractivity contribution in [2.24, 2.45) is 0 Å². The van der Waals surface area contributed by atoms with Crippen molar-refractivity contribution in [2.45, 2.75) is 0 Å². The standard InChI is InChI=1S/C12H8BrN5O2/c13-7-2-9-8(19-4-20-9)1-5(7)10-6(3-14)11(15)18-12(16)17-10/h1-2H,4H2,(H4,15,16,17,18). The summed E-state index contributed by atoms with van der Waals surface area (Å²) >= 11 is 3.41. The van der Waals surface area contributed by atoms with Crippen molar-refractivity contribution in [2.75, 3.05) is 18.3 Å². The van der Waals surface area contributed by atoms with Gasteiger partial charge in [-0.3, -0.25) is 0 Å². The van der Waals surface area contributed by atoms with Crippen LogP contribution in [0.3, 0.4) is 0 Å². The Labute approximate surface area is 122 Å². The second kappa shape index (κ2) is 4.54. The van der Waals surface area contributed by atoms with Crippen molar-refractivity contribution in [1.82, 2.24) is 9.97 Å². The van der Waals surface area contributed by atoms with Gasteiger partial charge >= 0.3 is 0 Å². The second-order valence-corrected chi connectivity index (χ2v) is 4.84. The Morgan fingerprint density at radius 1 is 1.20 bits per heavy atom. The lowest BCUT2D eigenvalue weighted by molar-refractivity contribution is 0.174. The largest absolute Gasteiger partial charge is 0.454 e. The molecule has 8 heteroatoms. The van der Waals surface area contributed by atoms with Crippen LogP contribution in [0.2, 0.25) is 0 Å². The van der Waals surface area contributed by atoms with Gasteiger partial charge in [-0.05, 0) is 28.1 Å². The van der Waals surface area contributed by atoms with E-state index in [2.05, 4.69) is 25.9 Å². The first-order valence-corrected chi connectivity index (χ1v) is 6.32. The van der Waals surface area contributed by atoms with Gasteiger partial charge in [0.2, 0.25) is 12.7 Å². The van der Waals surface area contributed by atoms with Gasteiger partial charge in [-0.2, -0.15) is 10.2 Å². The minimum absolute atomic E-state index is 0.000988. The highest BCUT2D eigenvalue weighted by atomic mass is 79.9. The normalized spacial score (nSPS) is 12.2. The predicted octanol–water partition coefficient (Wildman–Crippen LogP) is 1.67. The third-order valence-electron chi connectivity index (χ3n) is 2.78. The number of halogens is 1. The molecule has 0 saturated heterocycles. The summed E-state index contributed by atoms with van der Waals surface area (Å²) in [6.45, 7) is 0.157. The van der Waals surface area contributed by atoms with E-state index in [0.29, 0.717) is 27.2 Å². The van der Waals surface area contributed by atoms with Crippen molar-refractivity contribution >= 4 is 27.7 Å². The summed E-state index contributed by atoms with van der Waals surface area (Å²) in [4.78, 5) is 7.88. The van der Waals surface area contributed by atoms with Gasteiger partial charge in [0.25, 0.3) is 0 Å². The maximum absolute atomic E-state index is 9.21. The number of hydrogen-bond acceptors (Lipinski definition) is 7. The van der Waals surface area contributed by atoms with Gasteiger partial charge in [-0.25, -0.2) is 4.98 Å². The summed E-state index contributed by atoms with van der Waals surface area (Å²) in [7, 11) is 0. The topological polar surface area (TPSA) is 120 Å². The van der Waals surface area contributed by atoms with Crippen LogP contribution in [-0.4, -0.2) is 16.8 Å². The molecule has 0 aliphatic carbocycles. The van der Waals surface area contributed by atoms with Gasteiger partial charge in [0, 0.05) is 10.0 Å². The number of anilines is 2. The van der Waals surface area contributed by atoms with E-state index in [9.17, 15) is 5.26 Å².